The topological polar surface area (TPSA) is 80.2 Å². The van der Waals surface area contributed by atoms with E-state index in [4.69, 9.17) is 4.98 Å². The first kappa shape index (κ1) is 59.7. The van der Waals surface area contributed by atoms with E-state index in [1.807, 2.05) is 24.3 Å². The second-order valence-corrected chi connectivity index (χ2v) is 26.8. The van der Waals surface area contributed by atoms with Gasteiger partial charge in [-0.3, -0.25) is 9.13 Å². The van der Waals surface area contributed by atoms with Crippen molar-refractivity contribution >= 4 is 87.2 Å². The van der Waals surface area contributed by atoms with Gasteiger partial charge in [0.2, 0.25) is 0 Å². The van der Waals surface area contributed by atoms with E-state index >= 15 is 0 Å². The van der Waals surface area contributed by atoms with Crippen LogP contribution < -0.4 is 0 Å². The third kappa shape index (κ3) is 9.61. The van der Waals surface area contributed by atoms with E-state index in [1.165, 1.54) is 0 Å². The second-order valence-electron chi connectivity index (χ2n) is 26.8. The molecule has 7 nitrogen and oxygen atoms in total. The fourth-order valence-corrected chi connectivity index (χ4v) is 16.2. The molecule has 0 N–H and O–H groups in total. The molecule has 0 aliphatic heterocycles. The van der Waals surface area contributed by atoms with Gasteiger partial charge in [0.05, 0.1) is 67.4 Å². The maximum absolute atomic E-state index is 10.8. The zero-order valence-corrected chi connectivity index (χ0v) is 56.2. The first-order valence-electron chi connectivity index (χ1n) is 35.1. The van der Waals surface area contributed by atoms with Crippen LogP contribution in [-0.4, -0.2) is 23.3 Å². The summed E-state index contributed by atoms with van der Waals surface area (Å²) in [6, 6.07) is 133. The average molecular weight is 1320 g/mol. The molecule has 482 valence electrons. The number of pyridine rings is 1. The highest BCUT2D eigenvalue weighted by molar-refractivity contribution is 6.18. The molecule has 0 spiro atoms. The highest BCUT2D eigenvalue weighted by atomic mass is 15.2. The Morgan fingerprint density at radius 3 is 0.625 bits per heavy atom. The SMILES string of the molecule is N#Cc1ccc2c(c1)c1cc(C#N)ccc1n2-c1c(-n2c3ccc(-c4ccccc4)cc3c3cc(-c4ccccc4)ccc32)nc(-n2c3ccc(-c4ccccc4)cc3c3cc(-c4ccccc4)ccc32)c(-n2c3ccc(-c4ccccc4)cc3c3cc(-c4ccccc4)ccc32)c1-c1ccccc1. The van der Waals surface area contributed by atoms with Crippen molar-refractivity contribution in [3.8, 4) is 113 Å². The van der Waals surface area contributed by atoms with Crippen LogP contribution in [0.25, 0.3) is 188 Å². The van der Waals surface area contributed by atoms with E-state index in [-0.39, 0.29) is 0 Å². The highest BCUT2D eigenvalue weighted by Crippen LogP contribution is 2.51. The summed E-state index contributed by atoms with van der Waals surface area (Å²) in [5.74, 6) is 1.35. The van der Waals surface area contributed by atoms with Crippen molar-refractivity contribution in [1.82, 2.24) is 23.3 Å². The lowest BCUT2D eigenvalue weighted by molar-refractivity contribution is 0.961. The van der Waals surface area contributed by atoms with E-state index in [0.29, 0.717) is 22.8 Å². The van der Waals surface area contributed by atoms with Gasteiger partial charge in [-0.2, -0.15) is 10.5 Å². The van der Waals surface area contributed by atoms with Gasteiger partial charge < -0.3 is 9.13 Å². The van der Waals surface area contributed by atoms with Crippen molar-refractivity contribution in [3.05, 3.63) is 369 Å². The lowest BCUT2D eigenvalue weighted by atomic mass is 10.00. The molecular formula is C97H59N7. The number of aromatic nitrogens is 5. The van der Waals surface area contributed by atoms with E-state index in [0.717, 1.165) is 176 Å². The van der Waals surface area contributed by atoms with E-state index in [2.05, 4.69) is 364 Å². The van der Waals surface area contributed by atoms with E-state index < -0.39 is 0 Å². The lowest BCUT2D eigenvalue weighted by Gasteiger charge is -2.27. The smallest absolute Gasteiger partial charge is 0.165 e. The molecule has 7 heteroatoms. The molecule has 0 aliphatic rings. The number of benzene rings is 15. The largest absolute Gasteiger partial charge is 0.305 e. The summed E-state index contributed by atoms with van der Waals surface area (Å²) in [6.45, 7) is 0. The number of hydrogen-bond donors (Lipinski definition) is 0. The van der Waals surface area contributed by atoms with Gasteiger partial charge >= 0.3 is 0 Å². The van der Waals surface area contributed by atoms with Crippen LogP contribution in [0.15, 0.2) is 358 Å². The highest BCUT2D eigenvalue weighted by Gasteiger charge is 2.34. The molecule has 104 heavy (non-hydrogen) atoms. The third-order valence-corrected chi connectivity index (χ3v) is 21.0. The monoisotopic (exact) mass is 1320 g/mol. The molecule has 5 aromatic heterocycles. The van der Waals surface area contributed by atoms with Crippen LogP contribution in [-0.2, 0) is 0 Å². The lowest BCUT2D eigenvalue weighted by Crippen LogP contribution is -2.16. The fourth-order valence-electron chi connectivity index (χ4n) is 16.2. The number of hydrogen-bond acceptors (Lipinski definition) is 3. The molecule has 15 aromatic carbocycles. The summed E-state index contributed by atoms with van der Waals surface area (Å²) >= 11 is 0. The van der Waals surface area contributed by atoms with E-state index in [1.54, 1.807) is 0 Å². The summed E-state index contributed by atoms with van der Waals surface area (Å²) < 4.78 is 9.72. The summed E-state index contributed by atoms with van der Waals surface area (Å²) in [6.07, 6.45) is 0. The van der Waals surface area contributed by atoms with Crippen LogP contribution >= 0.6 is 0 Å². The molecule has 0 aliphatic carbocycles. The fraction of sp³-hybridized carbons (Fsp3) is 0. The Bertz CT molecular complexity index is 6570. The molecule has 0 fully saturated rings. The van der Waals surface area contributed by atoms with Gasteiger partial charge in [0.25, 0.3) is 0 Å². The summed E-state index contributed by atoms with van der Waals surface area (Å²) in [5.41, 5.74) is 25.3. The zero-order valence-electron chi connectivity index (χ0n) is 56.2. The molecule has 0 atom stereocenters. The van der Waals surface area contributed by atoms with E-state index in [9.17, 15) is 10.5 Å². The molecule has 0 amide bonds. The Labute approximate surface area is 599 Å². The van der Waals surface area contributed by atoms with Gasteiger partial charge in [-0.05, 0) is 182 Å². The quantitative estimate of drug-likeness (QED) is 0.129. The van der Waals surface area contributed by atoms with Gasteiger partial charge in [0, 0.05) is 48.7 Å². The Morgan fingerprint density at radius 2 is 0.394 bits per heavy atom. The van der Waals surface area contributed by atoms with Gasteiger partial charge in [-0.15, -0.1) is 0 Å². The van der Waals surface area contributed by atoms with Crippen molar-refractivity contribution < 1.29 is 0 Å². The predicted molar refractivity (Wildman–Crippen MR) is 429 cm³/mol. The minimum atomic E-state index is 0.509. The van der Waals surface area contributed by atoms with Gasteiger partial charge in [0.1, 0.15) is 11.4 Å². The van der Waals surface area contributed by atoms with Crippen molar-refractivity contribution in [2.24, 2.45) is 0 Å². The van der Waals surface area contributed by atoms with Gasteiger partial charge in [0.15, 0.2) is 11.6 Å². The minimum Gasteiger partial charge on any atom is -0.305 e. The number of fused-ring (bicyclic) bond motifs is 12. The Kier molecular flexibility index (Phi) is 13.9. The molecular weight excluding hydrogens is 1260 g/mol. The molecule has 0 unspecified atom stereocenters. The second kappa shape index (κ2) is 24.2. The van der Waals surface area contributed by atoms with Crippen LogP contribution in [0.3, 0.4) is 0 Å². The zero-order chi connectivity index (χ0) is 68.9. The minimum absolute atomic E-state index is 0.509. The average Bonchev–Trinajstić information content (AvgIpc) is 1.51. The maximum Gasteiger partial charge on any atom is 0.165 e. The van der Waals surface area contributed by atoms with Crippen molar-refractivity contribution in [2.45, 2.75) is 0 Å². The summed E-state index contributed by atoms with van der Waals surface area (Å²) in [7, 11) is 0. The summed E-state index contributed by atoms with van der Waals surface area (Å²) in [5, 5.41) is 29.7. The molecule has 0 radical (unpaired) electrons. The normalized spacial score (nSPS) is 11.6. The predicted octanol–water partition coefficient (Wildman–Crippen LogP) is 24.9. The van der Waals surface area contributed by atoms with Crippen molar-refractivity contribution in [2.75, 3.05) is 0 Å². The standard InChI is InChI=1S/C97H59N7/c98-60-62-36-44-85-77(52-62)78-53-63(61-99)37-45-86(78)101(85)94-93(70-34-20-7-21-35-70)95(102-87-46-38-71(64-22-8-1-9-23-64)54-79(87)80-55-72(39-47-88(80)102)65-24-10-2-11-25-65)97(104-91-50-42-75(68-30-16-5-17-31-68)58-83(91)84-59-76(43-51-92(84)104)69-32-18-6-19-33-69)100-96(94)103-89-48-40-73(66-26-12-3-13-27-66)56-81(89)82-57-74(41-49-90(82)103)67-28-14-4-15-29-67/h1-59H. The van der Waals surface area contributed by atoms with Crippen molar-refractivity contribution in [1.29, 1.82) is 10.5 Å². The first-order valence-corrected chi connectivity index (χ1v) is 35.1. The molecule has 0 saturated heterocycles. The molecule has 20 aromatic rings. The van der Waals surface area contributed by atoms with Crippen LogP contribution in [0, 0.1) is 22.7 Å². The van der Waals surface area contributed by atoms with Crippen LogP contribution in [0.4, 0.5) is 0 Å². The van der Waals surface area contributed by atoms with Crippen molar-refractivity contribution in [3.63, 3.8) is 0 Å². The molecule has 20 rings (SSSR count). The number of rotatable bonds is 11. The molecule has 0 saturated carbocycles. The third-order valence-electron chi connectivity index (χ3n) is 21.0. The molecule has 0 bridgehead atoms. The maximum atomic E-state index is 10.8. The van der Waals surface area contributed by atoms with Crippen LogP contribution in [0.1, 0.15) is 11.1 Å². The number of nitrogens with zero attached hydrogens (tertiary/aromatic N) is 7. The van der Waals surface area contributed by atoms with Gasteiger partial charge in [-0.25, -0.2) is 4.98 Å². The molecule has 5 heterocycles. The Hall–Kier alpha value is -14.4. The summed E-state index contributed by atoms with van der Waals surface area (Å²) in [4.78, 5) is 6.68. The number of nitriles is 2. The van der Waals surface area contributed by atoms with Gasteiger partial charge in [-0.1, -0.05) is 249 Å². The Balaban J connectivity index is 1.04. The van der Waals surface area contributed by atoms with Crippen LogP contribution in [0.5, 0.6) is 0 Å². The van der Waals surface area contributed by atoms with Crippen LogP contribution in [0.2, 0.25) is 0 Å². The Morgan fingerprint density at radius 1 is 0.192 bits per heavy atom. The first-order chi connectivity index (χ1) is 51.5.